The van der Waals surface area contributed by atoms with Gasteiger partial charge in [-0.15, -0.1) is 5.10 Å². The van der Waals surface area contributed by atoms with Crippen molar-refractivity contribution in [3.05, 3.63) is 64.5 Å². The number of aromatic nitrogens is 3. The van der Waals surface area contributed by atoms with Gasteiger partial charge in [-0.3, -0.25) is 23.9 Å². The van der Waals surface area contributed by atoms with E-state index in [0.29, 0.717) is 12.2 Å². The standard InChI is InChI=1S/C41H57BN4O14/c1-24(9-6-10-25(2)15-16-41(3,4)5)11-7-17-46-21-27(44-45-46)23-57-18-8-12-30(47)29(20-32(48)49)43-37(53)28-19-26(22-58-40(42)56)13-14-31(28)59-39-35(52)33(50)34(51)36(60-39)38(54)55/h9,13-15,19,21,29,33-36,39,50-52H,6-8,10-12,16-18,20,22-23H2,1-5H3,(H,43,53)(H,48,49)(H,54,55)/b24-9+,25-15+/t29-,33-,34-,35+,36-,39+/m0/s1. The number of ether oxygens (including phenoxy) is 4. The van der Waals surface area contributed by atoms with Crippen LogP contribution in [-0.2, 0) is 48.4 Å². The molecule has 60 heavy (non-hydrogen) atoms. The summed E-state index contributed by atoms with van der Waals surface area (Å²) in [6.45, 7) is 11.5. The topological polar surface area (TPSA) is 266 Å². The fourth-order valence-corrected chi connectivity index (χ4v) is 6.00. The van der Waals surface area contributed by atoms with E-state index in [1.54, 1.807) is 10.9 Å². The van der Waals surface area contributed by atoms with E-state index in [2.05, 4.69) is 62.4 Å². The molecule has 6 atom stereocenters. The van der Waals surface area contributed by atoms with Crippen LogP contribution in [0.3, 0.4) is 0 Å². The molecule has 0 spiro atoms. The highest BCUT2D eigenvalue weighted by Crippen LogP contribution is 2.28. The van der Waals surface area contributed by atoms with Crippen molar-refractivity contribution in [1.29, 1.82) is 0 Å². The molecule has 1 amide bonds. The third-order valence-corrected chi connectivity index (χ3v) is 9.40. The highest BCUT2D eigenvalue weighted by Gasteiger charge is 2.48. The molecule has 2 radical (unpaired) electrons. The van der Waals surface area contributed by atoms with Crippen LogP contribution in [0.4, 0.5) is 4.79 Å². The van der Waals surface area contributed by atoms with Gasteiger partial charge in [0, 0.05) is 19.6 Å². The molecule has 2 heterocycles. The third-order valence-electron chi connectivity index (χ3n) is 9.40. The highest BCUT2D eigenvalue weighted by molar-refractivity contribution is 6.55. The SMILES string of the molecule is [B]C(=O)OCc1ccc(O[C@@H]2O[C@H](C(=O)O)[C@@H](O)[C@H](O)[C@H]2O)c(C(=O)N[C@@H](CC(=O)O)C(=O)CCCOCc2cn(CCC/C(C)=C/CC/C(C)=C/CC(C)(C)C)nn2)c1. The molecule has 0 saturated carbocycles. The first-order valence-electron chi connectivity index (χ1n) is 19.7. The van der Waals surface area contributed by atoms with E-state index in [-0.39, 0.29) is 48.3 Å². The maximum Gasteiger partial charge on any atom is 0.335 e. The van der Waals surface area contributed by atoms with Crippen LogP contribution in [0.25, 0.3) is 0 Å². The number of aryl methyl sites for hydroxylation is 1. The monoisotopic (exact) mass is 840 g/mol. The Morgan fingerprint density at radius 2 is 1.68 bits per heavy atom. The summed E-state index contributed by atoms with van der Waals surface area (Å²) in [4.78, 5) is 61.3. The minimum atomic E-state index is -2.01. The van der Waals surface area contributed by atoms with Crippen LogP contribution in [-0.4, -0.2) is 121 Å². The fourth-order valence-electron chi connectivity index (χ4n) is 6.00. The summed E-state index contributed by atoms with van der Waals surface area (Å²) >= 11 is 0. The number of nitrogens with one attached hydrogen (secondary N) is 1. The van der Waals surface area contributed by atoms with E-state index >= 15 is 0 Å². The number of rotatable bonds is 24. The maximum atomic E-state index is 13.6. The smallest absolute Gasteiger partial charge is 0.335 e. The van der Waals surface area contributed by atoms with Crippen LogP contribution in [0.15, 0.2) is 47.7 Å². The zero-order chi connectivity index (χ0) is 44.6. The van der Waals surface area contributed by atoms with Gasteiger partial charge in [-0.2, -0.15) is 0 Å². The van der Waals surface area contributed by atoms with Gasteiger partial charge in [0.05, 0.1) is 30.8 Å². The first kappa shape index (κ1) is 49.4. The number of benzene rings is 1. The van der Waals surface area contributed by atoms with E-state index in [0.717, 1.165) is 44.2 Å². The number of Topliss-reactive ketones (excluding diaryl/α,β-unsaturated/α-hetero) is 1. The molecule has 1 aromatic heterocycles. The molecule has 1 aliphatic heterocycles. The van der Waals surface area contributed by atoms with Gasteiger partial charge in [-0.25, -0.2) is 4.79 Å². The third kappa shape index (κ3) is 17.0. The number of aliphatic carboxylic acids is 2. The Hall–Kier alpha value is -4.95. The second-order valence-electron chi connectivity index (χ2n) is 16.0. The summed E-state index contributed by atoms with van der Waals surface area (Å²) in [5.74, 6) is -6.22. The van der Waals surface area contributed by atoms with E-state index < -0.39 is 79.3 Å². The van der Waals surface area contributed by atoms with Crippen molar-refractivity contribution in [1.82, 2.24) is 20.3 Å². The molecular formula is C41H57BN4O14. The van der Waals surface area contributed by atoms with Crippen LogP contribution in [0.5, 0.6) is 5.75 Å². The Balaban J connectivity index is 1.54. The van der Waals surface area contributed by atoms with Gasteiger partial charge in [0.25, 0.3) is 5.91 Å². The van der Waals surface area contributed by atoms with E-state index in [4.69, 9.17) is 26.8 Å². The zero-order valence-corrected chi connectivity index (χ0v) is 34.7. The Kier molecular flexibility index (Phi) is 19.6. The molecule has 1 fully saturated rings. The predicted octanol–water partition coefficient (Wildman–Crippen LogP) is 3.38. The van der Waals surface area contributed by atoms with Crippen LogP contribution in [0.1, 0.15) is 108 Å². The van der Waals surface area contributed by atoms with E-state index in [1.807, 2.05) is 0 Å². The lowest BCUT2D eigenvalue weighted by Crippen LogP contribution is -2.61. The minimum absolute atomic E-state index is 0.114. The fraction of sp³-hybridized carbons (Fsp3) is 0.585. The number of carbonyl (C=O) groups is 5. The molecular weight excluding hydrogens is 783 g/mol. The summed E-state index contributed by atoms with van der Waals surface area (Å²) in [5, 5.41) is 60.3. The molecule has 3 rings (SSSR count). The average Bonchev–Trinajstić information content (AvgIpc) is 3.62. The lowest BCUT2D eigenvalue weighted by atomic mass is 9.91. The molecule has 6 N–H and O–H groups in total. The number of carbonyl (C=O) groups excluding carboxylic acids is 3. The number of hydrogen-bond donors (Lipinski definition) is 6. The van der Waals surface area contributed by atoms with Crippen molar-refractivity contribution in [3.8, 4) is 5.75 Å². The predicted molar refractivity (Wildman–Crippen MR) is 215 cm³/mol. The van der Waals surface area contributed by atoms with Crippen LogP contribution >= 0.6 is 0 Å². The molecule has 2 aromatic rings. The molecule has 1 aliphatic rings. The van der Waals surface area contributed by atoms with Gasteiger partial charge in [0.2, 0.25) is 20.0 Å². The second-order valence-corrected chi connectivity index (χ2v) is 16.0. The molecule has 1 saturated heterocycles. The largest absolute Gasteiger partial charge is 0.481 e. The number of nitrogens with zero attached hydrogens (tertiary/aromatic N) is 3. The molecule has 18 nitrogen and oxygen atoms in total. The van der Waals surface area contributed by atoms with Crippen molar-refractivity contribution in [2.45, 2.75) is 142 Å². The number of carboxylic acids is 2. The number of aliphatic hydroxyl groups excluding tert-OH is 3. The summed E-state index contributed by atoms with van der Waals surface area (Å²) in [7, 11) is 5.04. The summed E-state index contributed by atoms with van der Waals surface area (Å²) < 4.78 is 22.9. The van der Waals surface area contributed by atoms with Gasteiger partial charge in [0.1, 0.15) is 36.4 Å². The molecule has 0 bridgehead atoms. The normalized spacial score (nSPS) is 20.3. The van der Waals surface area contributed by atoms with Gasteiger partial charge in [0.15, 0.2) is 11.9 Å². The molecule has 0 unspecified atom stereocenters. The quantitative estimate of drug-likeness (QED) is 0.0503. The molecule has 0 aliphatic carbocycles. The number of allylic oxidation sites excluding steroid dienone is 4. The molecule has 1 aromatic carbocycles. The number of carboxylic acid groups (broad SMARTS) is 2. The van der Waals surface area contributed by atoms with Crippen molar-refractivity contribution in [2.24, 2.45) is 5.41 Å². The van der Waals surface area contributed by atoms with Gasteiger partial charge < -0.3 is 49.8 Å². The Labute approximate surface area is 350 Å². The first-order valence-corrected chi connectivity index (χ1v) is 19.7. The lowest BCUT2D eigenvalue weighted by molar-refractivity contribution is -0.271. The molecule has 19 heteroatoms. The van der Waals surface area contributed by atoms with Crippen molar-refractivity contribution >= 4 is 37.3 Å². The number of ketones is 1. The van der Waals surface area contributed by atoms with E-state index in [9.17, 15) is 49.5 Å². The van der Waals surface area contributed by atoms with Crippen molar-refractivity contribution in [2.75, 3.05) is 6.61 Å². The summed E-state index contributed by atoms with van der Waals surface area (Å²) in [6, 6.07) is 2.12. The van der Waals surface area contributed by atoms with Gasteiger partial charge >= 0.3 is 11.9 Å². The zero-order valence-electron chi connectivity index (χ0n) is 34.7. The lowest BCUT2D eigenvalue weighted by Gasteiger charge is -2.38. The number of aliphatic hydroxyl groups is 3. The van der Waals surface area contributed by atoms with Crippen LogP contribution in [0, 0.1) is 5.41 Å². The van der Waals surface area contributed by atoms with Crippen molar-refractivity contribution < 1.29 is 68.5 Å². The maximum absolute atomic E-state index is 13.6. The van der Waals surface area contributed by atoms with E-state index in [1.165, 1.54) is 17.2 Å². The first-order chi connectivity index (χ1) is 28.2. The number of amides is 1. The van der Waals surface area contributed by atoms with Gasteiger partial charge in [-0.05, 0) is 75.5 Å². The summed E-state index contributed by atoms with van der Waals surface area (Å²) in [5.41, 5.74) is 3.43. The van der Waals surface area contributed by atoms with Crippen molar-refractivity contribution in [3.63, 3.8) is 0 Å². The van der Waals surface area contributed by atoms with Crippen LogP contribution in [0.2, 0.25) is 0 Å². The summed E-state index contributed by atoms with van der Waals surface area (Å²) in [6.07, 6.45) is 0.653. The Morgan fingerprint density at radius 3 is 2.35 bits per heavy atom. The number of hydrogen-bond acceptors (Lipinski definition) is 14. The van der Waals surface area contributed by atoms with Crippen LogP contribution < -0.4 is 10.1 Å². The minimum Gasteiger partial charge on any atom is -0.481 e. The Morgan fingerprint density at radius 1 is 0.967 bits per heavy atom. The Bertz CT molecular complexity index is 1840. The second kappa shape index (κ2) is 23.7. The molecule has 328 valence electrons. The van der Waals surface area contributed by atoms with Gasteiger partial charge in [-0.1, -0.05) is 55.3 Å². The average molecular weight is 841 g/mol. The highest BCUT2D eigenvalue weighted by atomic mass is 16.7.